The normalized spacial score (nSPS) is 13.7. The molecule has 2 rings (SSSR count). The van der Waals surface area contributed by atoms with Crippen LogP contribution in [-0.4, -0.2) is 15.4 Å². The van der Waals surface area contributed by atoms with Gasteiger partial charge in [-0.2, -0.15) is 0 Å². The van der Waals surface area contributed by atoms with Crippen molar-refractivity contribution in [3.8, 4) is 0 Å². The van der Waals surface area contributed by atoms with Crippen molar-refractivity contribution in [1.82, 2.24) is 9.38 Å². The lowest BCUT2D eigenvalue weighted by Crippen LogP contribution is -2.19. The minimum atomic E-state index is 0.103. The SMILES string of the molecule is Cc1csc2nc(Cl)c(CC(C)N)n12. The summed E-state index contributed by atoms with van der Waals surface area (Å²) in [6.45, 7) is 4.02. The van der Waals surface area contributed by atoms with Gasteiger partial charge in [0.25, 0.3) is 0 Å². The summed E-state index contributed by atoms with van der Waals surface area (Å²) < 4.78 is 2.08. The molecule has 0 aliphatic rings. The average Bonchev–Trinajstić information content (AvgIpc) is 2.56. The highest BCUT2D eigenvalue weighted by Crippen LogP contribution is 2.24. The minimum absolute atomic E-state index is 0.103. The number of nitrogens with zero attached hydrogens (tertiary/aromatic N) is 2. The first kappa shape index (κ1) is 9.96. The molecule has 3 nitrogen and oxygen atoms in total. The van der Waals surface area contributed by atoms with Crippen LogP contribution < -0.4 is 5.73 Å². The maximum Gasteiger partial charge on any atom is 0.195 e. The Bertz CT molecular complexity index is 458. The summed E-state index contributed by atoms with van der Waals surface area (Å²) in [5.41, 5.74) is 7.96. The number of nitrogens with two attached hydrogens (primary N) is 1. The van der Waals surface area contributed by atoms with Crippen molar-refractivity contribution in [2.75, 3.05) is 0 Å². The van der Waals surface area contributed by atoms with Gasteiger partial charge < -0.3 is 5.73 Å². The van der Waals surface area contributed by atoms with E-state index < -0.39 is 0 Å². The van der Waals surface area contributed by atoms with Crippen LogP contribution in [0.4, 0.5) is 0 Å². The van der Waals surface area contributed by atoms with E-state index >= 15 is 0 Å². The molecule has 2 aromatic rings. The number of hydrogen-bond acceptors (Lipinski definition) is 3. The summed E-state index contributed by atoms with van der Waals surface area (Å²) in [4.78, 5) is 5.23. The molecule has 0 spiro atoms. The highest BCUT2D eigenvalue weighted by atomic mass is 35.5. The number of halogens is 1. The van der Waals surface area contributed by atoms with Crippen LogP contribution in [0, 0.1) is 6.92 Å². The van der Waals surface area contributed by atoms with Gasteiger partial charge in [0.15, 0.2) is 10.1 Å². The molecule has 0 amide bonds. The number of aromatic nitrogens is 2. The molecule has 1 atom stereocenters. The molecule has 0 saturated carbocycles. The Morgan fingerprint density at radius 3 is 3.07 bits per heavy atom. The smallest absolute Gasteiger partial charge is 0.195 e. The second-order valence-corrected chi connectivity index (χ2v) is 4.72. The van der Waals surface area contributed by atoms with E-state index in [-0.39, 0.29) is 6.04 Å². The fourth-order valence-electron chi connectivity index (χ4n) is 1.52. The molecule has 0 bridgehead atoms. The number of aryl methyl sites for hydroxylation is 1. The van der Waals surface area contributed by atoms with E-state index in [0.717, 1.165) is 17.1 Å². The summed E-state index contributed by atoms with van der Waals surface area (Å²) in [6, 6.07) is 0.103. The topological polar surface area (TPSA) is 43.3 Å². The van der Waals surface area contributed by atoms with E-state index in [4.69, 9.17) is 17.3 Å². The number of hydrogen-bond donors (Lipinski definition) is 1. The Hall–Kier alpha value is -0.580. The zero-order valence-corrected chi connectivity index (χ0v) is 9.69. The van der Waals surface area contributed by atoms with Crippen molar-refractivity contribution >= 4 is 27.9 Å². The summed E-state index contributed by atoms with van der Waals surface area (Å²) in [7, 11) is 0. The molecule has 0 aliphatic heterocycles. The summed E-state index contributed by atoms with van der Waals surface area (Å²) >= 11 is 7.65. The number of fused-ring (bicyclic) bond motifs is 1. The molecular formula is C9H12ClN3S. The van der Waals surface area contributed by atoms with Crippen LogP contribution in [0.1, 0.15) is 18.3 Å². The molecule has 0 fully saturated rings. The Labute approximate surface area is 91.5 Å². The zero-order chi connectivity index (χ0) is 10.3. The third-order valence-electron chi connectivity index (χ3n) is 2.10. The number of imidazole rings is 1. The lowest BCUT2D eigenvalue weighted by molar-refractivity contribution is 0.715. The monoisotopic (exact) mass is 229 g/mol. The van der Waals surface area contributed by atoms with Gasteiger partial charge in [0.1, 0.15) is 0 Å². The molecule has 1 unspecified atom stereocenters. The molecule has 76 valence electrons. The second kappa shape index (κ2) is 3.53. The van der Waals surface area contributed by atoms with Crippen LogP contribution in [0.3, 0.4) is 0 Å². The van der Waals surface area contributed by atoms with E-state index in [2.05, 4.69) is 14.8 Å². The summed E-state index contributed by atoms with van der Waals surface area (Å²) in [5, 5.41) is 2.65. The van der Waals surface area contributed by atoms with E-state index in [0.29, 0.717) is 5.15 Å². The lowest BCUT2D eigenvalue weighted by Gasteiger charge is -2.04. The molecule has 5 heteroatoms. The zero-order valence-electron chi connectivity index (χ0n) is 8.12. The van der Waals surface area contributed by atoms with E-state index in [9.17, 15) is 0 Å². The average molecular weight is 230 g/mol. The van der Waals surface area contributed by atoms with Crippen molar-refractivity contribution in [3.05, 3.63) is 21.9 Å². The van der Waals surface area contributed by atoms with E-state index in [1.54, 1.807) is 11.3 Å². The van der Waals surface area contributed by atoms with Crippen molar-refractivity contribution in [2.45, 2.75) is 26.3 Å². The lowest BCUT2D eigenvalue weighted by atomic mass is 10.2. The van der Waals surface area contributed by atoms with E-state index in [1.165, 1.54) is 5.69 Å². The van der Waals surface area contributed by atoms with Crippen LogP contribution in [-0.2, 0) is 6.42 Å². The molecule has 14 heavy (non-hydrogen) atoms. The van der Waals surface area contributed by atoms with Gasteiger partial charge in [-0.1, -0.05) is 11.6 Å². The molecular weight excluding hydrogens is 218 g/mol. The van der Waals surface area contributed by atoms with Crippen LogP contribution >= 0.6 is 22.9 Å². The van der Waals surface area contributed by atoms with Gasteiger partial charge in [-0.05, 0) is 13.8 Å². The van der Waals surface area contributed by atoms with Gasteiger partial charge in [0.2, 0.25) is 0 Å². The molecule has 0 radical (unpaired) electrons. The number of rotatable bonds is 2. The molecule has 2 N–H and O–H groups in total. The number of thiazole rings is 1. The third kappa shape index (κ3) is 1.54. The van der Waals surface area contributed by atoms with Crippen molar-refractivity contribution in [1.29, 1.82) is 0 Å². The van der Waals surface area contributed by atoms with Gasteiger partial charge in [-0.15, -0.1) is 11.3 Å². The van der Waals surface area contributed by atoms with Gasteiger partial charge in [-0.25, -0.2) is 4.98 Å². The maximum absolute atomic E-state index is 6.04. The predicted octanol–water partition coefficient (Wildman–Crippen LogP) is 2.25. The standard InChI is InChI=1S/C9H12ClN3S/c1-5(11)3-7-8(10)12-9-13(7)6(2)4-14-9/h4-5H,3,11H2,1-2H3. The van der Waals surface area contributed by atoms with Gasteiger partial charge >= 0.3 is 0 Å². The minimum Gasteiger partial charge on any atom is -0.328 e. The van der Waals surface area contributed by atoms with Crippen molar-refractivity contribution < 1.29 is 0 Å². The molecule has 0 aliphatic carbocycles. The van der Waals surface area contributed by atoms with E-state index in [1.807, 2.05) is 13.8 Å². The van der Waals surface area contributed by atoms with Gasteiger partial charge in [0.05, 0.1) is 5.69 Å². The summed E-state index contributed by atoms with van der Waals surface area (Å²) in [5.74, 6) is 0. The van der Waals surface area contributed by atoms with Crippen molar-refractivity contribution in [3.63, 3.8) is 0 Å². The van der Waals surface area contributed by atoms with Gasteiger partial charge in [0, 0.05) is 23.5 Å². The molecule has 0 aromatic carbocycles. The molecule has 2 heterocycles. The fraction of sp³-hybridized carbons (Fsp3) is 0.444. The maximum atomic E-state index is 6.04. The third-order valence-corrected chi connectivity index (χ3v) is 3.34. The van der Waals surface area contributed by atoms with Crippen molar-refractivity contribution in [2.24, 2.45) is 5.73 Å². The Balaban J connectivity index is 2.59. The van der Waals surface area contributed by atoms with Crippen LogP contribution in [0.25, 0.3) is 4.96 Å². The van der Waals surface area contributed by atoms with Gasteiger partial charge in [-0.3, -0.25) is 4.40 Å². The largest absolute Gasteiger partial charge is 0.328 e. The van der Waals surface area contributed by atoms with Crippen LogP contribution in [0.15, 0.2) is 5.38 Å². The predicted molar refractivity (Wildman–Crippen MR) is 60.2 cm³/mol. The summed E-state index contributed by atoms with van der Waals surface area (Å²) in [6.07, 6.45) is 0.761. The Morgan fingerprint density at radius 1 is 1.71 bits per heavy atom. The first-order valence-corrected chi connectivity index (χ1v) is 5.72. The fourth-order valence-corrected chi connectivity index (χ4v) is 2.70. The molecule has 0 saturated heterocycles. The Morgan fingerprint density at radius 2 is 2.43 bits per heavy atom. The highest BCUT2D eigenvalue weighted by molar-refractivity contribution is 7.15. The highest BCUT2D eigenvalue weighted by Gasteiger charge is 2.14. The first-order chi connectivity index (χ1) is 6.59. The van der Waals surface area contributed by atoms with Crippen LogP contribution in [0.5, 0.6) is 0 Å². The Kier molecular flexibility index (Phi) is 2.51. The second-order valence-electron chi connectivity index (χ2n) is 3.53. The quantitative estimate of drug-likeness (QED) is 0.859. The van der Waals surface area contributed by atoms with Crippen LogP contribution in [0.2, 0.25) is 5.15 Å². The molecule has 2 aromatic heterocycles. The first-order valence-electron chi connectivity index (χ1n) is 4.46.